The van der Waals surface area contributed by atoms with Crippen LogP contribution in [0.1, 0.15) is 5.56 Å². The van der Waals surface area contributed by atoms with Crippen LogP contribution in [0.2, 0.25) is 0 Å². The molecule has 1 aromatic rings. The molecule has 0 atom stereocenters. The minimum Gasteiger partial charge on any atom is -0.369 e. The van der Waals surface area contributed by atoms with Gasteiger partial charge in [0.05, 0.1) is 12.5 Å². The normalized spacial score (nSPS) is 16.1. The van der Waals surface area contributed by atoms with E-state index in [0.29, 0.717) is 6.42 Å². The van der Waals surface area contributed by atoms with Crippen molar-refractivity contribution < 1.29 is 0 Å². The molecule has 0 radical (unpaired) electrons. The number of benzene rings is 1. The summed E-state index contributed by atoms with van der Waals surface area (Å²) < 4.78 is 0. The van der Waals surface area contributed by atoms with Crippen LogP contribution in [0.5, 0.6) is 0 Å². The van der Waals surface area contributed by atoms with Crippen molar-refractivity contribution in [1.82, 2.24) is 5.32 Å². The second-order valence-corrected chi connectivity index (χ2v) is 3.74. The first-order chi connectivity index (χ1) is 7.40. The summed E-state index contributed by atoms with van der Waals surface area (Å²) in [5.41, 5.74) is 2.35. The number of piperazine rings is 1. The van der Waals surface area contributed by atoms with Crippen molar-refractivity contribution in [2.45, 2.75) is 6.42 Å². The van der Waals surface area contributed by atoms with Crippen molar-refractivity contribution in [2.75, 3.05) is 31.1 Å². The lowest BCUT2D eigenvalue weighted by Crippen LogP contribution is -2.43. The first kappa shape index (κ1) is 10.0. The number of anilines is 1. The van der Waals surface area contributed by atoms with Gasteiger partial charge in [-0.05, 0) is 17.7 Å². The summed E-state index contributed by atoms with van der Waals surface area (Å²) in [5, 5.41) is 12.0. The van der Waals surface area contributed by atoms with Crippen molar-refractivity contribution in [3.05, 3.63) is 29.8 Å². The quantitative estimate of drug-likeness (QED) is 0.780. The van der Waals surface area contributed by atoms with Gasteiger partial charge in [-0.25, -0.2) is 0 Å². The molecule has 0 saturated carbocycles. The summed E-state index contributed by atoms with van der Waals surface area (Å²) in [6.45, 7) is 4.19. The Kier molecular flexibility index (Phi) is 3.21. The van der Waals surface area contributed by atoms with Crippen LogP contribution in [0.25, 0.3) is 0 Å². The molecular weight excluding hydrogens is 186 g/mol. The Balaban J connectivity index is 2.13. The van der Waals surface area contributed by atoms with Gasteiger partial charge in [-0.15, -0.1) is 0 Å². The average Bonchev–Trinajstić information content (AvgIpc) is 2.31. The highest BCUT2D eigenvalue weighted by Gasteiger charge is 2.10. The molecule has 15 heavy (non-hydrogen) atoms. The Hall–Kier alpha value is -1.53. The minimum absolute atomic E-state index is 0.500. The molecule has 1 aromatic carbocycles. The maximum atomic E-state index is 8.65. The molecule has 3 nitrogen and oxygen atoms in total. The third kappa shape index (κ3) is 2.48. The number of hydrogen-bond donors (Lipinski definition) is 1. The first-order valence-electron chi connectivity index (χ1n) is 5.32. The fourth-order valence-corrected chi connectivity index (χ4v) is 1.88. The van der Waals surface area contributed by atoms with Gasteiger partial charge in [0.2, 0.25) is 0 Å². The summed E-state index contributed by atoms with van der Waals surface area (Å²) in [5.74, 6) is 0. The Labute approximate surface area is 90.3 Å². The molecule has 0 unspecified atom stereocenters. The van der Waals surface area contributed by atoms with E-state index in [1.165, 1.54) is 5.69 Å². The van der Waals surface area contributed by atoms with Crippen LogP contribution in [-0.2, 0) is 6.42 Å². The zero-order valence-corrected chi connectivity index (χ0v) is 8.74. The van der Waals surface area contributed by atoms with E-state index in [-0.39, 0.29) is 0 Å². The summed E-state index contributed by atoms with van der Waals surface area (Å²) in [6.07, 6.45) is 0.500. The predicted molar refractivity (Wildman–Crippen MR) is 60.8 cm³/mol. The van der Waals surface area contributed by atoms with Crippen LogP contribution in [0.3, 0.4) is 0 Å². The molecule has 0 amide bonds. The molecule has 1 aliphatic rings. The summed E-state index contributed by atoms with van der Waals surface area (Å²) >= 11 is 0. The van der Waals surface area contributed by atoms with Gasteiger partial charge in [-0.2, -0.15) is 5.26 Å². The van der Waals surface area contributed by atoms with Gasteiger partial charge in [0, 0.05) is 31.9 Å². The summed E-state index contributed by atoms with van der Waals surface area (Å²) in [4.78, 5) is 2.36. The van der Waals surface area contributed by atoms with Gasteiger partial charge in [0.25, 0.3) is 0 Å². The van der Waals surface area contributed by atoms with Gasteiger partial charge in [-0.3, -0.25) is 0 Å². The molecular formula is C12H15N3. The second-order valence-electron chi connectivity index (χ2n) is 3.74. The van der Waals surface area contributed by atoms with E-state index in [4.69, 9.17) is 5.26 Å². The zero-order valence-electron chi connectivity index (χ0n) is 8.74. The number of nitrogens with one attached hydrogen (secondary N) is 1. The van der Waals surface area contributed by atoms with Crippen LogP contribution < -0.4 is 10.2 Å². The van der Waals surface area contributed by atoms with Crippen LogP contribution in [0.15, 0.2) is 24.3 Å². The molecule has 1 N–H and O–H groups in total. The van der Waals surface area contributed by atoms with Crippen molar-refractivity contribution in [1.29, 1.82) is 5.26 Å². The van der Waals surface area contributed by atoms with Gasteiger partial charge in [0.15, 0.2) is 0 Å². The van der Waals surface area contributed by atoms with Gasteiger partial charge in [-0.1, -0.05) is 12.1 Å². The molecule has 1 fully saturated rings. The molecule has 0 aromatic heterocycles. The van der Waals surface area contributed by atoms with Crippen LogP contribution in [-0.4, -0.2) is 26.2 Å². The predicted octanol–water partition coefficient (Wildman–Crippen LogP) is 1.16. The maximum absolute atomic E-state index is 8.65. The molecule has 0 spiro atoms. The smallest absolute Gasteiger partial charge is 0.0669 e. The lowest BCUT2D eigenvalue weighted by Gasteiger charge is -2.29. The van der Waals surface area contributed by atoms with E-state index in [2.05, 4.69) is 28.4 Å². The molecule has 0 aliphatic carbocycles. The SMILES string of the molecule is N#CCc1cccc(N2CCNCC2)c1. The summed E-state index contributed by atoms with van der Waals surface area (Å²) in [6, 6.07) is 10.5. The van der Waals surface area contributed by atoms with Gasteiger partial charge in [0.1, 0.15) is 0 Å². The number of nitrogens with zero attached hydrogens (tertiary/aromatic N) is 2. The Bertz CT molecular complexity index is 361. The zero-order chi connectivity index (χ0) is 10.5. The van der Waals surface area contributed by atoms with Crippen LogP contribution in [0, 0.1) is 11.3 Å². The molecule has 78 valence electrons. The molecule has 1 saturated heterocycles. The first-order valence-corrected chi connectivity index (χ1v) is 5.32. The lowest BCUT2D eigenvalue weighted by atomic mass is 10.1. The number of hydrogen-bond acceptors (Lipinski definition) is 3. The summed E-state index contributed by atoms with van der Waals surface area (Å²) in [7, 11) is 0. The highest BCUT2D eigenvalue weighted by molar-refractivity contribution is 5.49. The largest absolute Gasteiger partial charge is 0.369 e. The number of nitriles is 1. The fraction of sp³-hybridized carbons (Fsp3) is 0.417. The van der Waals surface area contributed by atoms with Gasteiger partial charge < -0.3 is 10.2 Å². The molecule has 1 heterocycles. The van der Waals surface area contributed by atoms with Crippen LogP contribution >= 0.6 is 0 Å². The van der Waals surface area contributed by atoms with Gasteiger partial charge >= 0.3 is 0 Å². The monoisotopic (exact) mass is 201 g/mol. The topological polar surface area (TPSA) is 39.1 Å². The van der Waals surface area contributed by atoms with E-state index in [9.17, 15) is 0 Å². The Morgan fingerprint density at radius 2 is 2.13 bits per heavy atom. The van der Waals surface area contributed by atoms with E-state index < -0.39 is 0 Å². The van der Waals surface area contributed by atoms with Crippen molar-refractivity contribution in [3.63, 3.8) is 0 Å². The average molecular weight is 201 g/mol. The molecule has 2 rings (SSSR count). The van der Waals surface area contributed by atoms with Crippen LogP contribution in [0.4, 0.5) is 5.69 Å². The highest BCUT2D eigenvalue weighted by atomic mass is 15.2. The third-order valence-corrected chi connectivity index (χ3v) is 2.68. The van der Waals surface area contributed by atoms with Crippen molar-refractivity contribution >= 4 is 5.69 Å². The number of rotatable bonds is 2. The van der Waals surface area contributed by atoms with E-state index in [1.54, 1.807) is 0 Å². The molecule has 1 aliphatic heterocycles. The van der Waals surface area contributed by atoms with E-state index in [0.717, 1.165) is 31.7 Å². The van der Waals surface area contributed by atoms with Crippen molar-refractivity contribution in [3.8, 4) is 6.07 Å². The second kappa shape index (κ2) is 4.81. The van der Waals surface area contributed by atoms with Crippen molar-refractivity contribution in [2.24, 2.45) is 0 Å². The highest BCUT2D eigenvalue weighted by Crippen LogP contribution is 2.16. The Morgan fingerprint density at radius 1 is 1.33 bits per heavy atom. The molecule has 3 heteroatoms. The third-order valence-electron chi connectivity index (χ3n) is 2.68. The fourth-order valence-electron chi connectivity index (χ4n) is 1.88. The minimum atomic E-state index is 0.500. The lowest BCUT2D eigenvalue weighted by molar-refractivity contribution is 0.589. The maximum Gasteiger partial charge on any atom is 0.0669 e. The standard InChI is InChI=1S/C12H15N3/c13-5-4-11-2-1-3-12(10-11)15-8-6-14-7-9-15/h1-3,10,14H,4,6-9H2. The van der Waals surface area contributed by atoms with E-state index >= 15 is 0 Å². The Morgan fingerprint density at radius 3 is 2.87 bits per heavy atom. The van der Waals surface area contributed by atoms with E-state index in [1.807, 2.05) is 12.1 Å². The molecule has 0 bridgehead atoms.